The van der Waals surface area contributed by atoms with Gasteiger partial charge in [0.05, 0.1) is 12.8 Å². The van der Waals surface area contributed by atoms with Crippen molar-refractivity contribution in [3.63, 3.8) is 0 Å². The lowest BCUT2D eigenvalue weighted by Crippen LogP contribution is -2.00. The summed E-state index contributed by atoms with van der Waals surface area (Å²) in [5.41, 5.74) is 2.93. The van der Waals surface area contributed by atoms with Crippen LogP contribution in [0.4, 0.5) is 0 Å². The molecule has 0 aliphatic rings. The highest BCUT2D eigenvalue weighted by molar-refractivity contribution is 5.95. The third-order valence-corrected chi connectivity index (χ3v) is 3.33. The zero-order valence-corrected chi connectivity index (χ0v) is 11.9. The molecule has 0 fully saturated rings. The zero-order chi connectivity index (χ0) is 14.8. The lowest BCUT2D eigenvalue weighted by molar-refractivity contribution is 0.0983. The van der Waals surface area contributed by atoms with Crippen LogP contribution in [0.3, 0.4) is 0 Å². The minimum Gasteiger partial charge on any atom is -0.497 e. The number of aromatic nitrogens is 3. The number of carbonyl (C=O) groups excluding carboxylic acids is 1. The standard InChI is InChI=1S/C16H15N3O2/c1-3-15(20)13-10-16-17-8-7-14(19(16)18-13)11-5-4-6-12(9-11)21-2/h4-10H,3H2,1-2H3. The minimum atomic E-state index is 0.0112. The molecule has 5 nitrogen and oxygen atoms in total. The maximum Gasteiger partial charge on any atom is 0.182 e. The summed E-state index contributed by atoms with van der Waals surface area (Å²) < 4.78 is 6.94. The molecule has 5 heteroatoms. The average Bonchev–Trinajstić information content (AvgIpc) is 2.98. The van der Waals surface area contributed by atoms with Gasteiger partial charge in [0.25, 0.3) is 0 Å². The highest BCUT2D eigenvalue weighted by Crippen LogP contribution is 2.24. The Kier molecular flexibility index (Phi) is 3.39. The van der Waals surface area contributed by atoms with Crippen LogP contribution in [0.5, 0.6) is 5.75 Å². The van der Waals surface area contributed by atoms with Crippen molar-refractivity contribution >= 4 is 11.4 Å². The van der Waals surface area contributed by atoms with Crippen LogP contribution in [0.1, 0.15) is 23.8 Å². The Morgan fingerprint density at radius 2 is 2.14 bits per heavy atom. The number of Topliss-reactive ketones (excluding diaryl/α,β-unsaturated/α-hetero) is 1. The number of ether oxygens (including phenoxy) is 1. The van der Waals surface area contributed by atoms with Crippen molar-refractivity contribution in [1.29, 1.82) is 0 Å². The third-order valence-electron chi connectivity index (χ3n) is 3.33. The lowest BCUT2D eigenvalue weighted by atomic mass is 10.1. The van der Waals surface area contributed by atoms with E-state index in [-0.39, 0.29) is 5.78 Å². The maximum atomic E-state index is 11.8. The van der Waals surface area contributed by atoms with E-state index in [9.17, 15) is 4.79 Å². The van der Waals surface area contributed by atoms with Gasteiger partial charge in [-0.3, -0.25) is 4.79 Å². The van der Waals surface area contributed by atoms with Crippen molar-refractivity contribution in [3.05, 3.63) is 48.3 Å². The summed E-state index contributed by atoms with van der Waals surface area (Å²) in [5.74, 6) is 0.784. The maximum absolute atomic E-state index is 11.8. The molecule has 0 amide bonds. The molecule has 0 saturated carbocycles. The number of carbonyl (C=O) groups is 1. The van der Waals surface area contributed by atoms with Crippen LogP contribution < -0.4 is 4.74 Å². The fraction of sp³-hybridized carbons (Fsp3) is 0.188. The Hall–Kier alpha value is -2.69. The van der Waals surface area contributed by atoms with Gasteiger partial charge in [-0.25, -0.2) is 9.50 Å². The van der Waals surface area contributed by atoms with Crippen molar-refractivity contribution < 1.29 is 9.53 Å². The number of benzene rings is 1. The van der Waals surface area contributed by atoms with Gasteiger partial charge in [0, 0.05) is 24.2 Å². The Bertz CT molecular complexity index is 808. The van der Waals surface area contributed by atoms with E-state index in [1.165, 1.54) is 0 Å². The number of hydrogen-bond donors (Lipinski definition) is 0. The smallest absolute Gasteiger partial charge is 0.182 e. The fourth-order valence-corrected chi connectivity index (χ4v) is 2.21. The number of ketones is 1. The van der Waals surface area contributed by atoms with E-state index >= 15 is 0 Å². The number of hydrogen-bond acceptors (Lipinski definition) is 4. The highest BCUT2D eigenvalue weighted by Gasteiger charge is 2.12. The van der Waals surface area contributed by atoms with E-state index in [4.69, 9.17) is 4.74 Å². The fourth-order valence-electron chi connectivity index (χ4n) is 2.21. The Morgan fingerprint density at radius 3 is 2.90 bits per heavy atom. The van der Waals surface area contributed by atoms with Crippen molar-refractivity contribution in [2.75, 3.05) is 7.11 Å². The van der Waals surface area contributed by atoms with E-state index in [1.54, 1.807) is 23.9 Å². The van der Waals surface area contributed by atoms with Gasteiger partial charge in [0.2, 0.25) is 0 Å². The van der Waals surface area contributed by atoms with Crippen LogP contribution in [0.15, 0.2) is 42.6 Å². The van der Waals surface area contributed by atoms with Crippen molar-refractivity contribution in [3.8, 4) is 17.0 Å². The lowest BCUT2D eigenvalue weighted by Gasteiger charge is -2.06. The van der Waals surface area contributed by atoms with Crippen molar-refractivity contribution in [1.82, 2.24) is 14.6 Å². The first-order valence-electron chi connectivity index (χ1n) is 6.75. The molecular formula is C16H15N3O2. The minimum absolute atomic E-state index is 0.0112. The molecule has 0 aliphatic carbocycles. The number of rotatable bonds is 4. The van der Waals surface area contributed by atoms with Gasteiger partial charge < -0.3 is 4.74 Å². The van der Waals surface area contributed by atoms with Crippen LogP contribution in [-0.4, -0.2) is 27.5 Å². The molecule has 2 aromatic heterocycles. The van der Waals surface area contributed by atoms with Gasteiger partial charge in [-0.15, -0.1) is 0 Å². The molecule has 21 heavy (non-hydrogen) atoms. The summed E-state index contributed by atoms with van der Waals surface area (Å²) in [7, 11) is 1.63. The van der Waals surface area contributed by atoms with Gasteiger partial charge in [0.15, 0.2) is 11.4 Å². The predicted octanol–water partition coefficient (Wildman–Crippen LogP) is 3.00. The van der Waals surface area contributed by atoms with E-state index in [2.05, 4.69) is 10.1 Å². The molecule has 3 rings (SSSR count). The first-order chi connectivity index (χ1) is 10.2. The van der Waals surface area contributed by atoms with E-state index in [0.717, 1.165) is 17.0 Å². The molecule has 0 atom stereocenters. The van der Waals surface area contributed by atoms with E-state index in [0.29, 0.717) is 17.8 Å². The predicted molar refractivity (Wildman–Crippen MR) is 79.6 cm³/mol. The van der Waals surface area contributed by atoms with Gasteiger partial charge >= 0.3 is 0 Å². The largest absolute Gasteiger partial charge is 0.497 e. The number of fused-ring (bicyclic) bond motifs is 1. The molecule has 0 saturated heterocycles. The molecule has 0 N–H and O–H groups in total. The second-order valence-electron chi connectivity index (χ2n) is 4.64. The molecule has 0 spiro atoms. The SMILES string of the molecule is CCC(=O)c1cc2nccc(-c3cccc(OC)c3)n2n1. The van der Waals surface area contributed by atoms with Crippen LogP contribution in [-0.2, 0) is 0 Å². The topological polar surface area (TPSA) is 56.5 Å². The Labute approximate surface area is 122 Å². The first-order valence-corrected chi connectivity index (χ1v) is 6.75. The molecule has 3 aromatic rings. The van der Waals surface area contributed by atoms with Gasteiger partial charge in [0.1, 0.15) is 11.4 Å². The van der Waals surface area contributed by atoms with Crippen molar-refractivity contribution in [2.24, 2.45) is 0 Å². The molecule has 1 aromatic carbocycles. The average molecular weight is 281 g/mol. The quantitative estimate of drug-likeness (QED) is 0.690. The second kappa shape index (κ2) is 5.36. The third kappa shape index (κ3) is 2.38. The summed E-state index contributed by atoms with van der Waals surface area (Å²) >= 11 is 0. The molecule has 2 heterocycles. The summed E-state index contributed by atoms with van der Waals surface area (Å²) in [6.07, 6.45) is 2.14. The molecule has 0 bridgehead atoms. The van der Waals surface area contributed by atoms with E-state index in [1.807, 2.05) is 37.3 Å². The normalized spacial score (nSPS) is 10.8. The summed E-state index contributed by atoms with van der Waals surface area (Å²) in [6.45, 7) is 1.82. The van der Waals surface area contributed by atoms with Gasteiger partial charge in [-0.05, 0) is 18.2 Å². The highest BCUT2D eigenvalue weighted by atomic mass is 16.5. The Morgan fingerprint density at radius 1 is 1.29 bits per heavy atom. The van der Waals surface area contributed by atoms with Crippen LogP contribution in [0.25, 0.3) is 16.9 Å². The van der Waals surface area contributed by atoms with Crippen LogP contribution >= 0.6 is 0 Å². The summed E-state index contributed by atoms with van der Waals surface area (Å²) in [5, 5.41) is 4.38. The summed E-state index contributed by atoms with van der Waals surface area (Å²) in [6, 6.07) is 11.3. The molecule has 0 unspecified atom stereocenters. The second-order valence-corrected chi connectivity index (χ2v) is 4.64. The van der Waals surface area contributed by atoms with Crippen LogP contribution in [0, 0.1) is 0 Å². The molecular weight excluding hydrogens is 266 g/mol. The monoisotopic (exact) mass is 281 g/mol. The molecule has 0 aliphatic heterocycles. The number of nitrogens with zero attached hydrogens (tertiary/aromatic N) is 3. The van der Waals surface area contributed by atoms with Gasteiger partial charge in [-0.1, -0.05) is 19.1 Å². The van der Waals surface area contributed by atoms with Gasteiger partial charge in [-0.2, -0.15) is 5.10 Å². The van der Waals surface area contributed by atoms with Crippen LogP contribution in [0.2, 0.25) is 0 Å². The van der Waals surface area contributed by atoms with Crippen molar-refractivity contribution in [2.45, 2.75) is 13.3 Å². The summed E-state index contributed by atoms with van der Waals surface area (Å²) in [4.78, 5) is 16.1. The van der Waals surface area contributed by atoms with E-state index < -0.39 is 0 Å². The zero-order valence-electron chi connectivity index (χ0n) is 11.9. The first kappa shape index (κ1) is 13.3. The number of methoxy groups -OCH3 is 1. The molecule has 106 valence electrons. The molecule has 0 radical (unpaired) electrons. The Balaban J connectivity index is 2.18.